The van der Waals surface area contributed by atoms with Gasteiger partial charge < -0.3 is 15.2 Å². The fourth-order valence-corrected chi connectivity index (χ4v) is 4.57. The van der Waals surface area contributed by atoms with Gasteiger partial charge in [0.1, 0.15) is 23.9 Å². The van der Waals surface area contributed by atoms with E-state index >= 15 is 0 Å². The van der Waals surface area contributed by atoms with Gasteiger partial charge in [0.25, 0.3) is 0 Å². The van der Waals surface area contributed by atoms with Gasteiger partial charge in [-0.25, -0.2) is 19.2 Å². The second kappa shape index (κ2) is 7.58. The summed E-state index contributed by atoms with van der Waals surface area (Å²) in [7, 11) is 0. The first-order valence-electron chi connectivity index (χ1n) is 10.8. The highest BCUT2D eigenvalue weighted by molar-refractivity contribution is 6.29. The number of aryl methyl sites for hydroxylation is 1. The van der Waals surface area contributed by atoms with E-state index in [0.29, 0.717) is 53.8 Å². The first kappa shape index (κ1) is 20.2. The molecule has 172 valence electrons. The number of carboxylic acids is 1. The van der Waals surface area contributed by atoms with Gasteiger partial charge in [-0.05, 0) is 31.2 Å². The molecule has 0 saturated carbocycles. The third-order valence-electron chi connectivity index (χ3n) is 6.20. The Morgan fingerprint density at radius 1 is 1.32 bits per heavy atom. The fourth-order valence-electron chi connectivity index (χ4n) is 4.57. The molecule has 0 aliphatic carbocycles. The molecule has 0 saturated heterocycles. The fraction of sp³-hybridized carbons (Fsp3) is 0.217. The molecule has 1 aromatic carbocycles. The van der Waals surface area contributed by atoms with Gasteiger partial charge in [0.2, 0.25) is 5.96 Å². The van der Waals surface area contributed by atoms with Crippen molar-refractivity contribution in [2.75, 3.05) is 13.3 Å². The van der Waals surface area contributed by atoms with E-state index < -0.39 is 5.97 Å². The first-order valence-corrected chi connectivity index (χ1v) is 10.8. The highest BCUT2D eigenvalue weighted by Crippen LogP contribution is 2.31. The summed E-state index contributed by atoms with van der Waals surface area (Å²) < 4.78 is 21.7. The average Bonchev–Trinajstić information content (AvgIpc) is 3.58. The first-order chi connectivity index (χ1) is 16.5. The number of nitrogens with one attached hydrogen (secondary N) is 2. The van der Waals surface area contributed by atoms with Crippen LogP contribution in [0.5, 0.6) is 5.75 Å². The number of carbonyl (C=O) groups is 1. The Hall–Kier alpha value is -4.41. The maximum atomic E-state index is 14.5. The zero-order valence-electron chi connectivity index (χ0n) is 18.2. The van der Waals surface area contributed by atoms with Crippen LogP contribution in [0.15, 0.2) is 46.8 Å². The Kier molecular flexibility index (Phi) is 4.51. The van der Waals surface area contributed by atoms with Gasteiger partial charge in [-0.2, -0.15) is 5.10 Å². The van der Waals surface area contributed by atoms with Crippen LogP contribution in [-0.4, -0.2) is 50.4 Å². The van der Waals surface area contributed by atoms with E-state index in [1.54, 1.807) is 16.7 Å². The smallest absolute Gasteiger partial charge is 0.354 e. The van der Waals surface area contributed by atoms with E-state index in [9.17, 15) is 14.3 Å². The lowest BCUT2D eigenvalue weighted by molar-refractivity contribution is 0.0689. The van der Waals surface area contributed by atoms with Crippen molar-refractivity contribution >= 4 is 29.0 Å². The molecule has 0 atom stereocenters. The third kappa shape index (κ3) is 3.00. The minimum Gasteiger partial charge on any atom is -0.493 e. The molecule has 0 bridgehead atoms. The normalized spacial score (nSPS) is 16.3. The van der Waals surface area contributed by atoms with Crippen LogP contribution in [0, 0.1) is 12.7 Å². The molecule has 10 nitrogen and oxygen atoms in total. The summed E-state index contributed by atoms with van der Waals surface area (Å²) in [4.78, 5) is 22.4. The summed E-state index contributed by atoms with van der Waals surface area (Å²) in [6.45, 7) is 3.01. The topological polar surface area (TPSA) is 116 Å². The van der Waals surface area contributed by atoms with E-state index in [4.69, 9.17) is 4.74 Å². The van der Waals surface area contributed by atoms with Gasteiger partial charge in [0.05, 0.1) is 12.8 Å². The van der Waals surface area contributed by atoms with Crippen LogP contribution in [-0.2, 0) is 13.0 Å². The number of hydrazone groups is 1. The minimum atomic E-state index is -1.05. The summed E-state index contributed by atoms with van der Waals surface area (Å²) in [6, 6.07) is 6.80. The van der Waals surface area contributed by atoms with Crippen LogP contribution < -0.4 is 15.5 Å². The van der Waals surface area contributed by atoms with E-state index in [1.165, 1.54) is 12.3 Å². The largest absolute Gasteiger partial charge is 0.493 e. The maximum absolute atomic E-state index is 14.5. The van der Waals surface area contributed by atoms with Crippen molar-refractivity contribution < 1.29 is 19.0 Å². The molecular formula is C23H20FN7O3. The zero-order chi connectivity index (χ0) is 23.4. The summed E-state index contributed by atoms with van der Waals surface area (Å²) in [5.41, 5.74) is 7.16. The SMILES string of the molecule is Cc1ccc(C2=CN=C(NCc3c(F)ccc4c3CCO4)N3CNN=C23)c2ncc(C(=O)O)n12. The van der Waals surface area contributed by atoms with Crippen molar-refractivity contribution in [2.24, 2.45) is 10.1 Å². The number of hydrogen-bond acceptors (Lipinski definition) is 8. The lowest BCUT2D eigenvalue weighted by Crippen LogP contribution is -2.45. The van der Waals surface area contributed by atoms with Crippen molar-refractivity contribution in [1.29, 1.82) is 0 Å². The van der Waals surface area contributed by atoms with Crippen molar-refractivity contribution in [3.8, 4) is 5.75 Å². The van der Waals surface area contributed by atoms with Crippen LogP contribution in [0.1, 0.15) is 32.9 Å². The number of pyridine rings is 1. The third-order valence-corrected chi connectivity index (χ3v) is 6.20. The zero-order valence-corrected chi connectivity index (χ0v) is 18.2. The van der Waals surface area contributed by atoms with E-state index in [0.717, 1.165) is 17.0 Å². The van der Waals surface area contributed by atoms with Crippen molar-refractivity contribution in [2.45, 2.75) is 19.9 Å². The number of aromatic nitrogens is 2. The number of nitrogens with zero attached hydrogens (tertiary/aromatic N) is 5. The van der Waals surface area contributed by atoms with Gasteiger partial charge in [-0.1, -0.05) is 0 Å². The van der Waals surface area contributed by atoms with E-state index in [1.807, 2.05) is 24.0 Å². The number of fused-ring (bicyclic) bond motifs is 3. The molecule has 0 fully saturated rings. The molecule has 2 aromatic heterocycles. The predicted octanol–water partition coefficient (Wildman–Crippen LogP) is 2.09. The highest BCUT2D eigenvalue weighted by atomic mass is 19.1. The summed E-state index contributed by atoms with van der Waals surface area (Å²) in [5, 5.41) is 17.2. The number of rotatable bonds is 4. The number of ether oxygens (including phenoxy) is 1. The number of amidine groups is 1. The lowest BCUT2D eigenvalue weighted by Gasteiger charge is -2.26. The molecule has 34 heavy (non-hydrogen) atoms. The Morgan fingerprint density at radius 3 is 3.06 bits per heavy atom. The Bertz CT molecular complexity index is 1460. The van der Waals surface area contributed by atoms with Gasteiger partial charge in [-0.3, -0.25) is 14.7 Å². The van der Waals surface area contributed by atoms with Gasteiger partial charge in [0, 0.05) is 47.1 Å². The Labute approximate surface area is 193 Å². The number of hydrogen-bond donors (Lipinski definition) is 3. The molecular weight excluding hydrogens is 441 g/mol. The second-order valence-corrected chi connectivity index (χ2v) is 8.13. The second-order valence-electron chi connectivity index (χ2n) is 8.13. The number of aromatic carboxylic acids is 1. The molecule has 3 aliphatic rings. The van der Waals surface area contributed by atoms with Crippen LogP contribution in [0.25, 0.3) is 11.2 Å². The lowest BCUT2D eigenvalue weighted by atomic mass is 10.0. The van der Waals surface area contributed by atoms with Crippen LogP contribution in [0.2, 0.25) is 0 Å². The molecule has 0 spiro atoms. The molecule has 3 N–H and O–H groups in total. The molecule has 6 rings (SSSR count). The monoisotopic (exact) mass is 461 g/mol. The van der Waals surface area contributed by atoms with E-state index in [2.05, 4.69) is 25.8 Å². The number of benzene rings is 1. The predicted molar refractivity (Wildman–Crippen MR) is 122 cm³/mol. The molecule has 0 unspecified atom stereocenters. The number of aliphatic imine (C=N–C) groups is 1. The van der Waals surface area contributed by atoms with Crippen LogP contribution in [0.3, 0.4) is 0 Å². The maximum Gasteiger partial charge on any atom is 0.354 e. The molecule has 5 heterocycles. The molecule has 0 radical (unpaired) electrons. The van der Waals surface area contributed by atoms with Crippen molar-refractivity contribution in [1.82, 2.24) is 25.0 Å². The summed E-state index contributed by atoms with van der Waals surface area (Å²) >= 11 is 0. The van der Waals surface area contributed by atoms with Gasteiger partial charge in [-0.15, -0.1) is 0 Å². The Morgan fingerprint density at radius 2 is 2.21 bits per heavy atom. The highest BCUT2D eigenvalue weighted by Gasteiger charge is 2.31. The molecule has 3 aromatic rings. The standard InChI is InChI=1S/C23H20FN7O3/c1-12-2-3-14(20-25-10-18(22(32)33)31(12)20)16-9-27-23(30-11-28-29-21(16)30)26-8-15-13-6-7-34-19(13)5-4-17(15)24/h2-5,9-10,28H,6-8,11H2,1H3,(H,26,27)(H,32,33). The van der Waals surface area contributed by atoms with Crippen LogP contribution in [0.4, 0.5) is 4.39 Å². The number of guanidine groups is 1. The van der Waals surface area contributed by atoms with Gasteiger partial charge >= 0.3 is 5.97 Å². The van der Waals surface area contributed by atoms with E-state index in [-0.39, 0.29) is 18.1 Å². The quantitative estimate of drug-likeness (QED) is 0.545. The molecule has 0 amide bonds. The summed E-state index contributed by atoms with van der Waals surface area (Å²) in [5.74, 6) is 0.529. The van der Waals surface area contributed by atoms with Crippen LogP contribution >= 0.6 is 0 Å². The Balaban J connectivity index is 1.36. The molecule has 11 heteroatoms. The van der Waals surface area contributed by atoms with Crippen molar-refractivity contribution in [3.05, 3.63) is 70.6 Å². The number of carboxylic acid groups (broad SMARTS) is 1. The van der Waals surface area contributed by atoms with Gasteiger partial charge in [0.15, 0.2) is 11.5 Å². The minimum absolute atomic E-state index is 0.0846. The molecule has 3 aliphatic heterocycles. The summed E-state index contributed by atoms with van der Waals surface area (Å²) in [6.07, 6.45) is 3.68. The van der Waals surface area contributed by atoms with Crippen molar-refractivity contribution in [3.63, 3.8) is 0 Å². The number of halogens is 1. The number of imidazole rings is 1. The average molecular weight is 461 g/mol.